The standard InChI is InChI=1S/C11H18N4O/c1-7-5-9(12)3-4-15(7)11(16)10-6-13-14-8(10)2/h6-7,9H,3-5,12H2,1-2H3,(H,13,14). The van der Waals surface area contributed by atoms with Gasteiger partial charge in [-0.05, 0) is 26.7 Å². The molecule has 5 nitrogen and oxygen atoms in total. The molecule has 1 saturated heterocycles. The number of piperidine rings is 1. The molecule has 88 valence electrons. The van der Waals surface area contributed by atoms with Crippen molar-refractivity contribution >= 4 is 5.91 Å². The molecule has 0 radical (unpaired) electrons. The molecule has 0 spiro atoms. The Kier molecular flexibility index (Phi) is 2.96. The number of hydrogen-bond donors (Lipinski definition) is 2. The van der Waals surface area contributed by atoms with E-state index in [0.717, 1.165) is 25.1 Å². The van der Waals surface area contributed by atoms with Gasteiger partial charge < -0.3 is 10.6 Å². The van der Waals surface area contributed by atoms with Crippen LogP contribution in [0.15, 0.2) is 6.20 Å². The van der Waals surface area contributed by atoms with Crippen LogP contribution >= 0.6 is 0 Å². The second-order valence-electron chi connectivity index (χ2n) is 4.54. The molecule has 3 N–H and O–H groups in total. The first kappa shape index (κ1) is 11.1. The van der Waals surface area contributed by atoms with Crippen molar-refractivity contribution in [2.75, 3.05) is 6.54 Å². The van der Waals surface area contributed by atoms with E-state index in [2.05, 4.69) is 10.2 Å². The van der Waals surface area contributed by atoms with E-state index in [-0.39, 0.29) is 18.0 Å². The highest BCUT2D eigenvalue weighted by molar-refractivity contribution is 5.95. The molecule has 1 fully saturated rings. The van der Waals surface area contributed by atoms with Crippen molar-refractivity contribution in [1.29, 1.82) is 0 Å². The Labute approximate surface area is 95.0 Å². The molecule has 1 aromatic heterocycles. The smallest absolute Gasteiger partial charge is 0.257 e. The first-order valence-corrected chi connectivity index (χ1v) is 5.66. The van der Waals surface area contributed by atoms with Crippen molar-refractivity contribution in [3.63, 3.8) is 0 Å². The van der Waals surface area contributed by atoms with E-state index in [4.69, 9.17) is 5.73 Å². The zero-order chi connectivity index (χ0) is 11.7. The number of H-pyrrole nitrogens is 1. The average molecular weight is 222 g/mol. The van der Waals surface area contributed by atoms with Gasteiger partial charge in [0, 0.05) is 24.3 Å². The highest BCUT2D eigenvalue weighted by atomic mass is 16.2. The van der Waals surface area contributed by atoms with Gasteiger partial charge in [0.2, 0.25) is 0 Å². The highest BCUT2D eigenvalue weighted by Crippen LogP contribution is 2.19. The number of nitrogens with one attached hydrogen (secondary N) is 1. The lowest BCUT2D eigenvalue weighted by atomic mass is 9.98. The van der Waals surface area contributed by atoms with Crippen molar-refractivity contribution in [2.24, 2.45) is 5.73 Å². The van der Waals surface area contributed by atoms with Gasteiger partial charge in [0.15, 0.2) is 0 Å². The number of likely N-dealkylation sites (tertiary alicyclic amines) is 1. The first-order valence-electron chi connectivity index (χ1n) is 5.66. The van der Waals surface area contributed by atoms with Crippen LogP contribution in [0.25, 0.3) is 0 Å². The minimum absolute atomic E-state index is 0.0608. The minimum atomic E-state index is 0.0608. The van der Waals surface area contributed by atoms with Crippen molar-refractivity contribution in [3.05, 3.63) is 17.5 Å². The van der Waals surface area contributed by atoms with E-state index < -0.39 is 0 Å². The fourth-order valence-corrected chi connectivity index (χ4v) is 2.23. The second-order valence-corrected chi connectivity index (χ2v) is 4.54. The number of nitrogens with two attached hydrogens (primary N) is 1. The fraction of sp³-hybridized carbons (Fsp3) is 0.636. The molecule has 1 aliphatic rings. The van der Waals surface area contributed by atoms with Gasteiger partial charge in [-0.2, -0.15) is 5.10 Å². The number of hydrogen-bond acceptors (Lipinski definition) is 3. The van der Waals surface area contributed by atoms with Crippen LogP contribution in [0.4, 0.5) is 0 Å². The van der Waals surface area contributed by atoms with Crippen molar-refractivity contribution < 1.29 is 4.79 Å². The highest BCUT2D eigenvalue weighted by Gasteiger charge is 2.28. The summed E-state index contributed by atoms with van der Waals surface area (Å²) in [7, 11) is 0. The first-order chi connectivity index (χ1) is 7.59. The molecule has 0 saturated carbocycles. The summed E-state index contributed by atoms with van der Waals surface area (Å²) in [6.45, 7) is 4.65. The maximum absolute atomic E-state index is 12.2. The van der Waals surface area contributed by atoms with Gasteiger partial charge in [-0.1, -0.05) is 0 Å². The van der Waals surface area contributed by atoms with Gasteiger partial charge in [-0.3, -0.25) is 9.89 Å². The normalized spacial score (nSPS) is 25.8. The van der Waals surface area contributed by atoms with Crippen LogP contribution in [-0.2, 0) is 0 Å². The average Bonchev–Trinajstić information content (AvgIpc) is 2.63. The Morgan fingerprint density at radius 2 is 2.44 bits per heavy atom. The van der Waals surface area contributed by atoms with Crippen molar-refractivity contribution in [3.8, 4) is 0 Å². The number of aromatic nitrogens is 2. The predicted octanol–water partition coefficient (Wildman–Crippen LogP) is 0.670. The van der Waals surface area contributed by atoms with Crippen molar-refractivity contribution in [2.45, 2.75) is 38.8 Å². The number of rotatable bonds is 1. The summed E-state index contributed by atoms with van der Waals surface area (Å²) in [6, 6.07) is 0.440. The van der Waals surface area contributed by atoms with Crippen LogP contribution in [-0.4, -0.2) is 39.6 Å². The van der Waals surface area contributed by atoms with Crippen LogP contribution in [0.1, 0.15) is 35.8 Å². The van der Waals surface area contributed by atoms with Crippen LogP contribution in [0.2, 0.25) is 0 Å². The quantitative estimate of drug-likeness (QED) is 0.733. The summed E-state index contributed by atoms with van der Waals surface area (Å²) in [4.78, 5) is 14.1. The maximum Gasteiger partial charge on any atom is 0.257 e. The topological polar surface area (TPSA) is 75.0 Å². The predicted molar refractivity (Wildman–Crippen MR) is 61.0 cm³/mol. The van der Waals surface area contributed by atoms with E-state index in [0.29, 0.717) is 5.56 Å². The molecular weight excluding hydrogens is 204 g/mol. The van der Waals surface area contributed by atoms with E-state index in [9.17, 15) is 4.79 Å². The van der Waals surface area contributed by atoms with E-state index in [1.54, 1.807) is 6.20 Å². The number of nitrogens with zero attached hydrogens (tertiary/aromatic N) is 2. The van der Waals surface area contributed by atoms with Crippen molar-refractivity contribution in [1.82, 2.24) is 15.1 Å². The molecule has 1 aliphatic heterocycles. The van der Waals surface area contributed by atoms with Crippen LogP contribution in [0.3, 0.4) is 0 Å². The fourth-order valence-electron chi connectivity index (χ4n) is 2.23. The lowest BCUT2D eigenvalue weighted by Gasteiger charge is -2.36. The van der Waals surface area contributed by atoms with Gasteiger partial charge in [-0.25, -0.2) is 0 Å². The number of aromatic amines is 1. The maximum atomic E-state index is 12.2. The lowest BCUT2D eigenvalue weighted by molar-refractivity contribution is 0.0618. The van der Waals surface area contributed by atoms with Gasteiger partial charge in [0.1, 0.15) is 0 Å². The molecule has 0 aliphatic carbocycles. The molecule has 1 aromatic rings. The van der Waals surface area contributed by atoms with E-state index in [1.165, 1.54) is 0 Å². The van der Waals surface area contributed by atoms with Gasteiger partial charge in [0.05, 0.1) is 11.8 Å². The number of carbonyl (C=O) groups excluding carboxylic acids is 1. The molecule has 16 heavy (non-hydrogen) atoms. The Hall–Kier alpha value is -1.36. The van der Waals surface area contributed by atoms with Gasteiger partial charge in [-0.15, -0.1) is 0 Å². The van der Waals surface area contributed by atoms with Crippen LogP contribution in [0, 0.1) is 6.92 Å². The molecule has 2 atom stereocenters. The summed E-state index contributed by atoms with van der Waals surface area (Å²) in [6.07, 6.45) is 3.36. The molecular formula is C11H18N4O. The number of amides is 1. The Morgan fingerprint density at radius 1 is 1.69 bits per heavy atom. The summed E-state index contributed by atoms with van der Waals surface area (Å²) < 4.78 is 0. The van der Waals surface area contributed by atoms with Crippen LogP contribution in [0.5, 0.6) is 0 Å². The molecule has 1 amide bonds. The van der Waals surface area contributed by atoms with E-state index >= 15 is 0 Å². The third kappa shape index (κ3) is 1.95. The van der Waals surface area contributed by atoms with Gasteiger partial charge >= 0.3 is 0 Å². The largest absolute Gasteiger partial charge is 0.336 e. The SMILES string of the molecule is Cc1[nH]ncc1C(=O)N1CCC(N)CC1C. The zero-order valence-corrected chi connectivity index (χ0v) is 9.73. The summed E-state index contributed by atoms with van der Waals surface area (Å²) in [5, 5.41) is 6.67. The number of carbonyl (C=O) groups is 1. The third-order valence-corrected chi connectivity index (χ3v) is 3.24. The monoisotopic (exact) mass is 222 g/mol. The second kappa shape index (κ2) is 4.25. The third-order valence-electron chi connectivity index (χ3n) is 3.24. The number of aryl methyl sites for hydroxylation is 1. The Bertz CT molecular complexity index is 387. The molecule has 2 rings (SSSR count). The summed E-state index contributed by atoms with van der Waals surface area (Å²) in [5.41, 5.74) is 7.37. The molecule has 2 unspecified atom stereocenters. The Balaban J connectivity index is 2.14. The lowest BCUT2D eigenvalue weighted by Crippen LogP contribution is -2.48. The molecule has 0 aromatic carbocycles. The van der Waals surface area contributed by atoms with E-state index in [1.807, 2.05) is 18.7 Å². The van der Waals surface area contributed by atoms with Gasteiger partial charge in [0.25, 0.3) is 5.91 Å². The molecule has 5 heteroatoms. The minimum Gasteiger partial charge on any atom is -0.336 e. The molecule has 2 heterocycles. The Morgan fingerprint density at radius 3 is 3.00 bits per heavy atom. The summed E-state index contributed by atoms with van der Waals surface area (Å²) >= 11 is 0. The zero-order valence-electron chi connectivity index (χ0n) is 9.73. The summed E-state index contributed by atoms with van der Waals surface area (Å²) in [5.74, 6) is 0.0608. The molecule has 0 bridgehead atoms. The van der Waals surface area contributed by atoms with Crippen LogP contribution < -0.4 is 5.73 Å².